The Kier molecular flexibility index (Phi) is 5.48. The van der Waals surface area contributed by atoms with Gasteiger partial charge >= 0.3 is 0 Å². The number of piperidine rings is 1. The number of nitrogens with zero attached hydrogens (tertiary/aromatic N) is 1. The van der Waals surface area contributed by atoms with Crippen LogP contribution in [0.5, 0.6) is 0 Å². The van der Waals surface area contributed by atoms with Crippen molar-refractivity contribution in [1.82, 2.24) is 5.32 Å². The Morgan fingerprint density at radius 1 is 1.12 bits per heavy atom. The summed E-state index contributed by atoms with van der Waals surface area (Å²) in [6.07, 6.45) is 1.85. The van der Waals surface area contributed by atoms with E-state index in [1.807, 2.05) is 18.9 Å². The van der Waals surface area contributed by atoms with E-state index in [2.05, 4.69) is 10.0 Å². The van der Waals surface area contributed by atoms with Gasteiger partial charge in [-0.3, -0.25) is 4.72 Å². The zero-order chi connectivity index (χ0) is 18.7. The number of anilines is 2. The van der Waals surface area contributed by atoms with E-state index < -0.39 is 10.0 Å². The maximum absolute atomic E-state index is 14.3. The number of sulfonamides is 1. The lowest BCUT2D eigenvalue weighted by molar-refractivity contribution is 0.440. The third kappa shape index (κ3) is 4.16. The molecule has 26 heavy (non-hydrogen) atoms. The molecular weight excluding hydrogens is 353 g/mol. The molecule has 0 radical (unpaired) electrons. The Hall–Kier alpha value is -2.12. The third-order valence-electron chi connectivity index (χ3n) is 4.77. The minimum absolute atomic E-state index is 0.181. The van der Waals surface area contributed by atoms with Crippen molar-refractivity contribution in [1.29, 1.82) is 0 Å². The van der Waals surface area contributed by atoms with E-state index in [4.69, 9.17) is 0 Å². The van der Waals surface area contributed by atoms with Gasteiger partial charge in [-0.05, 0) is 63.2 Å². The molecule has 0 aliphatic carbocycles. The molecule has 1 aliphatic rings. The van der Waals surface area contributed by atoms with Crippen LogP contribution in [0.3, 0.4) is 0 Å². The van der Waals surface area contributed by atoms with Crippen molar-refractivity contribution < 1.29 is 12.8 Å². The molecule has 1 saturated heterocycles. The molecule has 140 valence electrons. The fourth-order valence-electron chi connectivity index (χ4n) is 3.17. The maximum atomic E-state index is 14.3. The molecule has 2 aromatic rings. The number of rotatable bonds is 5. The number of hydrogen-bond donors (Lipinski definition) is 2. The topological polar surface area (TPSA) is 61.4 Å². The molecule has 1 aliphatic heterocycles. The average molecular weight is 377 g/mol. The van der Waals surface area contributed by atoms with Crippen molar-refractivity contribution in [2.75, 3.05) is 29.8 Å². The Labute approximate surface area is 154 Å². The van der Waals surface area contributed by atoms with Crippen LogP contribution < -0.4 is 14.9 Å². The van der Waals surface area contributed by atoms with Gasteiger partial charge in [0.05, 0.1) is 16.3 Å². The zero-order valence-corrected chi connectivity index (χ0v) is 15.8. The van der Waals surface area contributed by atoms with Crippen LogP contribution in [0.1, 0.15) is 18.4 Å². The van der Waals surface area contributed by atoms with E-state index in [1.54, 1.807) is 30.3 Å². The van der Waals surface area contributed by atoms with Crippen LogP contribution in [0.2, 0.25) is 0 Å². The van der Waals surface area contributed by atoms with E-state index in [0.29, 0.717) is 11.4 Å². The maximum Gasteiger partial charge on any atom is 0.261 e. The lowest BCUT2D eigenvalue weighted by Crippen LogP contribution is -2.41. The molecule has 0 saturated carbocycles. The zero-order valence-electron chi connectivity index (χ0n) is 15.0. The Morgan fingerprint density at radius 3 is 2.42 bits per heavy atom. The van der Waals surface area contributed by atoms with E-state index in [0.717, 1.165) is 31.5 Å². The van der Waals surface area contributed by atoms with E-state index in [1.165, 1.54) is 12.1 Å². The third-order valence-corrected chi connectivity index (χ3v) is 6.16. The molecule has 0 aromatic heterocycles. The van der Waals surface area contributed by atoms with Gasteiger partial charge in [0.2, 0.25) is 0 Å². The monoisotopic (exact) mass is 377 g/mol. The number of benzene rings is 2. The molecule has 1 fully saturated rings. The highest BCUT2D eigenvalue weighted by molar-refractivity contribution is 7.92. The summed E-state index contributed by atoms with van der Waals surface area (Å²) in [6.45, 7) is 3.69. The van der Waals surface area contributed by atoms with Crippen LogP contribution in [-0.4, -0.2) is 34.6 Å². The van der Waals surface area contributed by atoms with Gasteiger partial charge in [-0.15, -0.1) is 0 Å². The lowest BCUT2D eigenvalue weighted by Gasteiger charge is -2.33. The number of halogens is 1. The molecule has 0 amide bonds. The fourth-order valence-corrected chi connectivity index (χ4v) is 4.22. The molecule has 0 bridgehead atoms. The minimum Gasteiger partial charge on any atom is -0.369 e. The first kappa shape index (κ1) is 18.7. The van der Waals surface area contributed by atoms with Crippen molar-refractivity contribution in [2.45, 2.75) is 30.7 Å². The highest BCUT2D eigenvalue weighted by atomic mass is 32.2. The van der Waals surface area contributed by atoms with Crippen molar-refractivity contribution in [2.24, 2.45) is 0 Å². The fraction of sp³-hybridized carbons (Fsp3) is 0.368. The van der Waals surface area contributed by atoms with Gasteiger partial charge in [0.15, 0.2) is 0 Å². The standard InChI is InChI=1S/C19H24FN3O2S/c1-14-3-6-17(7-4-14)26(24,25)22-15-5-8-18(20)19(13-15)23(2)16-9-11-21-12-10-16/h3-8,13,16,21-22H,9-12H2,1-2H3. The van der Waals surface area contributed by atoms with E-state index in [9.17, 15) is 12.8 Å². The van der Waals surface area contributed by atoms with Gasteiger partial charge in [-0.25, -0.2) is 12.8 Å². The molecule has 0 unspecified atom stereocenters. The van der Waals surface area contributed by atoms with Crippen LogP contribution in [0.25, 0.3) is 0 Å². The summed E-state index contributed by atoms with van der Waals surface area (Å²) in [4.78, 5) is 2.08. The van der Waals surface area contributed by atoms with Crippen molar-refractivity contribution in [3.05, 3.63) is 53.8 Å². The molecule has 3 rings (SSSR count). The second-order valence-corrected chi connectivity index (χ2v) is 8.36. The van der Waals surface area contributed by atoms with Gasteiger partial charge in [-0.1, -0.05) is 17.7 Å². The Bertz CT molecular complexity index is 863. The molecule has 2 aromatic carbocycles. The van der Waals surface area contributed by atoms with Gasteiger partial charge in [-0.2, -0.15) is 0 Å². The molecule has 2 N–H and O–H groups in total. The molecular formula is C19H24FN3O2S. The van der Waals surface area contributed by atoms with Crippen molar-refractivity contribution in [3.63, 3.8) is 0 Å². The summed E-state index contributed by atoms with van der Waals surface area (Å²) in [5.74, 6) is -0.357. The van der Waals surface area contributed by atoms with Crippen molar-refractivity contribution in [3.8, 4) is 0 Å². The molecule has 0 spiro atoms. The van der Waals surface area contributed by atoms with Gasteiger partial charge in [0, 0.05) is 13.1 Å². The van der Waals surface area contributed by atoms with E-state index >= 15 is 0 Å². The number of hydrogen-bond acceptors (Lipinski definition) is 4. The quantitative estimate of drug-likeness (QED) is 0.840. The van der Waals surface area contributed by atoms with Crippen LogP contribution in [0.15, 0.2) is 47.4 Å². The number of aryl methyl sites for hydroxylation is 1. The smallest absolute Gasteiger partial charge is 0.261 e. The average Bonchev–Trinajstić information content (AvgIpc) is 2.63. The Balaban J connectivity index is 1.83. The van der Waals surface area contributed by atoms with Crippen LogP contribution in [0.4, 0.5) is 15.8 Å². The van der Waals surface area contributed by atoms with Gasteiger partial charge in [0.25, 0.3) is 10.0 Å². The predicted molar refractivity (Wildman–Crippen MR) is 103 cm³/mol. The summed E-state index contributed by atoms with van der Waals surface area (Å²) < 4.78 is 42.0. The predicted octanol–water partition coefficient (Wildman–Crippen LogP) is 3.12. The summed E-state index contributed by atoms with van der Waals surface area (Å²) in [5.41, 5.74) is 1.74. The minimum atomic E-state index is -3.71. The van der Waals surface area contributed by atoms with E-state index in [-0.39, 0.29) is 16.8 Å². The van der Waals surface area contributed by atoms with Crippen molar-refractivity contribution >= 4 is 21.4 Å². The Morgan fingerprint density at radius 2 is 1.77 bits per heavy atom. The normalized spacial score (nSPS) is 15.7. The summed E-state index contributed by atoms with van der Waals surface area (Å²) in [7, 11) is -1.86. The lowest BCUT2D eigenvalue weighted by atomic mass is 10.0. The van der Waals surface area contributed by atoms with Gasteiger partial charge in [0.1, 0.15) is 5.82 Å². The second kappa shape index (κ2) is 7.63. The van der Waals surface area contributed by atoms with Crippen LogP contribution in [0, 0.1) is 12.7 Å². The summed E-state index contributed by atoms with van der Waals surface area (Å²) in [6, 6.07) is 11.1. The van der Waals surface area contributed by atoms with Crippen LogP contribution >= 0.6 is 0 Å². The van der Waals surface area contributed by atoms with Crippen LogP contribution in [-0.2, 0) is 10.0 Å². The van der Waals surface area contributed by atoms with Gasteiger partial charge < -0.3 is 10.2 Å². The second-order valence-electron chi connectivity index (χ2n) is 6.68. The first-order valence-electron chi connectivity index (χ1n) is 8.69. The first-order chi connectivity index (χ1) is 12.4. The highest BCUT2D eigenvalue weighted by Crippen LogP contribution is 2.28. The number of nitrogens with one attached hydrogen (secondary N) is 2. The molecule has 1 heterocycles. The summed E-state index contributed by atoms with van der Waals surface area (Å²) >= 11 is 0. The molecule has 0 atom stereocenters. The SMILES string of the molecule is Cc1ccc(S(=O)(=O)Nc2ccc(F)c(N(C)C3CCNCC3)c2)cc1. The first-order valence-corrected chi connectivity index (χ1v) is 10.2. The largest absolute Gasteiger partial charge is 0.369 e. The summed E-state index contributed by atoms with van der Waals surface area (Å²) in [5, 5.41) is 3.29. The highest BCUT2D eigenvalue weighted by Gasteiger charge is 2.21. The molecule has 5 nitrogen and oxygen atoms in total. The molecule has 7 heteroatoms.